The molecule has 1 aliphatic carbocycles. The van der Waals surface area contributed by atoms with Crippen molar-refractivity contribution < 1.29 is 9.47 Å². The van der Waals surface area contributed by atoms with E-state index in [-0.39, 0.29) is 5.60 Å². The van der Waals surface area contributed by atoms with Crippen LogP contribution in [-0.4, -0.2) is 25.5 Å². The van der Waals surface area contributed by atoms with Gasteiger partial charge in [-0.2, -0.15) is 0 Å². The fourth-order valence-electron chi connectivity index (χ4n) is 1.95. The fourth-order valence-corrected chi connectivity index (χ4v) is 1.95. The number of ether oxygens (including phenoxy) is 2. The van der Waals surface area contributed by atoms with Crippen molar-refractivity contribution in [1.29, 1.82) is 0 Å². The summed E-state index contributed by atoms with van der Waals surface area (Å²) in [5, 5.41) is 0. The van der Waals surface area contributed by atoms with Crippen molar-refractivity contribution in [1.82, 2.24) is 0 Å². The van der Waals surface area contributed by atoms with Gasteiger partial charge in [-0.3, -0.25) is 0 Å². The van der Waals surface area contributed by atoms with Gasteiger partial charge in [-0.1, -0.05) is 6.92 Å². The minimum absolute atomic E-state index is 0.0956. The summed E-state index contributed by atoms with van der Waals surface area (Å²) in [7, 11) is 0. The van der Waals surface area contributed by atoms with E-state index < -0.39 is 0 Å². The standard InChI is InChI=1S/C11H23NO2/c1-3-13-9-14-11(8-12)6-4-10(2)5-7-11/h10H,3-9,12H2,1-2H3. The zero-order valence-electron chi connectivity index (χ0n) is 9.42. The van der Waals surface area contributed by atoms with Crippen LogP contribution in [-0.2, 0) is 9.47 Å². The van der Waals surface area contributed by atoms with E-state index in [1.165, 1.54) is 12.8 Å². The Hall–Kier alpha value is -0.120. The molecule has 1 rings (SSSR count). The summed E-state index contributed by atoms with van der Waals surface area (Å²) in [6, 6.07) is 0. The maximum Gasteiger partial charge on any atom is 0.147 e. The molecule has 0 radical (unpaired) electrons. The molecule has 0 bridgehead atoms. The number of rotatable bonds is 5. The molecule has 0 aromatic carbocycles. The number of nitrogens with two attached hydrogens (primary N) is 1. The number of hydrogen-bond donors (Lipinski definition) is 1. The Balaban J connectivity index is 2.34. The molecular weight excluding hydrogens is 178 g/mol. The van der Waals surface area contributed by atoms with Crippen molar-refractivity contribution in [2.45, 2.75) is 45.1 Å². The van der Waals surface area contributed by atoms with E-state index in [4.69, 9.17) is 15.2 Å². The molecule has 14 heavy (non-hydrogen) atoms. The van der Waals surface area contributed by atoms with Crippen LogP contribution in [0.15, 0.2) is 0 Å². The minimum Gasteiger partial charge on any atom is -0.356 e. The van der Waals surface area contributed by atoms with E-state index in [1.807, 2.05) is 6.92 Å². The Morgan fingerprint density at radius 1 is 1.36 bits per heavy atom. The lowest BCUT2D eigenvalue weighted by Crippen LogP contribution is -2.44. The largest absolute Gasteiger partial charge is 0.356 e. The van der Waals surface area contributed by atoms with E-state index in [2.05, 4.69) is 6.92 Å². The first-order valence-corrected chi connectivity index (χ1v) is 5.64. The lowest BCUT2D eigenvalue weighted by atomic mass is 9.79. The molecule has 3 nitrogen and oxygen atoms in total. The van der Waals surface area contributed by atoms with Crippen molar-refractivity contribution in [3.05, 3.63) is 0 Å². The molecule has 0 aromatic rings. The van der Waals surface area contributed by atoms with E-state index >= 15 is 0 Å². The second-order valence-electron chi connectivity index (χ2n) is 4.32. The quantitative estimate of drug-likeness (QED) is 0.546. The Bertz CT molecular complexity index is 153. The molecule has 0 amide bonds. The summed E-state index contributed by atoms with van der Waals surface area (Å²) >= 11 is 0. The van der Waals surface area contributed by atoms with Gasteiger partial charge in [0, 0.05) is 13.2 Å². The van der Waals surface area contributed by atoms with Crippen molar-refractivity contribution >= 4 is 0 Å². The predicted molar refractivity (Wildman–Crippen MR) is 57.0 cm³/mol. The van der Waals surface area contributed by atoms with Gasteiger partial charge in [0.1, 0.15) is 6.79 Å². The minimum atomic E-state index is -0.0956. The SMILES string of the molecule is CCOCOC1(CN)CCC(C)CC1. The highest BCUT2D eigenvalue weighted by atomic mass is 16.7. The second kappa shape index (κ2) is 5.69. The molecule has 2 N–H and O–H groups in total. The molecule has 3 heteroatoms. The monoisotopic (exact) mass is 201 g/mol. The van der Waals surface area contributed by atoms with Gasteiger partial charge in [0.2, 0.25) is 0 Å². The average Bonchev–Trinajstić information content (AvgIpc) is 2.22. The average molecular weight is 201 g/mol. The summed E-state index contributed by atoms with van der Waals surface area (Å²) in [6.45, 7) is 5.98. The third-order valence-electron chi connectivity index (χ3n) is 3.21. The fraction of sp³-hybridized carbons (Fsp3) is 1.00. The molecule has 0 unspecified atom stereocenters. The highest BCUT2D eigenvalue weighted by Gasteiger charge is 2.33. The summed E-state index contributed by atoms with van der Waals surface area (Å²) in [6.07, 6.45) is 4.61. The first-order valence-electron chi connectivity index (χ1n) is 5.64. The van der Waals surface area contributed by atoms with E-state index in [9.17, 15) is 0 Å². The maximum atomic E-state index is 5.79. The van der Waals surface area contributed by atoms with Crippen LogP contribution in [0.2, 0.25) is 0 Å². The molecule has 0 aliphatic heterocycles. The van der Waals surface area contributed by atoms with E-state index in [1.54, 1.807) is 0 Å². The third kappa shape index (κ3) is 3.23. The van der Waals surface area contributed by atoms with Gasteiger partial charge in [0.05, 0.1) is 5.60 Å². The van der Waals surface area contributed by atoms with Gasteiger partial charge in [0.15, 0.2) is 0 Å². The summed E-state index contributed by atoms with van der Waals surface area (Å²) in [4.78, 5) is 0. The molecule has 0 atom stereocenters. The lowest BCUT2D eigenvalue weighted by Gasteiger charge is -2.38. The Kier molecular flexibility index (Phi) is 4.85. The predicted octanol–water partition coefficient (Wildman–Crippen LogP) is 1.90. The lowest BCUT2D eigenvalue weighted by molar-refractivity contribution is -0.152. The van der Waals surface area contributed by atoms with Crippen molar-refractivity contribution in [2.75, 3.05) is 19.9 Å². The van der Waals surface area contributed by atoms with E-state index in [0.717, 1.165) is 18.8 Å². The van der Waals surface area contributed by atoms with Crippen molar-refractivity contribution in [3.8, 4) is 0 Å². The topological polar surface area (TPSA) is 44.5 Å². The van der Waals surface area contributed by atoms with Crippen molar-refractivity contribution in [2.24, 2.45) is 11.7 Å². The van der Waals surface area contributed by atoms with E-state index in [0.29, 0.717) is 19.9 Å². The van der Waals surface area contributed by atoms with Gasteiger partial charge >= 0.3 is 0 Å². The first-order chi connectivity index (χ1) is 6.72. The van der Waals surface area contributed by atoms with Gasteiger partial charge < -0.3 is 15.2 Å². The van der Waals surface area contributed by atoms with Crippen LogP contribution in [0.5, 0.6) is 0 Å². The Morgan fingerprint density at radius 3 is 2.50 bits per heavy atom. The molecule has 1 saturated carbocycles. The van der Waals surface area contributed by atoms with Gasteiger partial charge in [-0.25, -0.2) is 0 Å². The molecule has 0 spiro atoms. The molecule has 1 fully saturated rings. The molecule has 0 heterocycles. The zero-order chi connectivity index (χ0) is 10.4. The summed E-state index contributed by atoms with van der Waals surface area (Å²) < 4.78 is 11.0. The Morgan fingerprint density at radius 2 is 2.00 bits per heavy atom. The summed E-state index contributed by atoms with van der Waals surface area (Å²) in [5.74, 6) is 0.824. The van der Waals surface area contributed by atoms with Gasteiger partial charge in [0.25, 0.3) is 0 Å². The number of hydrogen-bond acceptors (Lipinski definition) is 3. The van der Waals surface area contributed by atoms with Crippen LogP contribution in [0.4, 0.5) is 0 Å². The van der Waals surface area contributed by atoms with Crippen LogP contribution < -0.4 is 5.73 Å². The normalized spacial score (nSPS) is 33.2. The Labute approximate surface area is 86.9 Å². The molecule has 0 saturated heterocycles. The molecular formula is C11H23NO2. The third-order valence-corrected chi connectivity index (χ3v) is 3.21. The molecule has 84 valence electrons. The first kappa shape index (κ1) is 12.0. The van der Waals surface area contributed by atoms with Crippen LogP contribution in [0.3, 0.4) is 0 Å². The van der Waals surface area contributed by atoms with Crippen molar-refractivity contribution in [3.63, 3.8) is 0 Å². The molecule has 1 aliphatic rings. The second-order valence-corrected chi connectivity index (χ2v) is 4.32. The summed E-state index contributed by atoms with van der Waals surface area (Å²) in [5.41, 5.74) is 5.69. The smallest absolute Gasteiger partial charge is 0.147 e. The zero-order valence-corrected chi connectivity index (χ0v) is 9.42. The highest BCUT2D eigenvalue weighted by molar-refractivity contribution is 4.86. The van der Waals surface area contributed by atoms with Crippen LogP contribution >= 0.6 is 0 Å². The van der Waals surface area contributed by atoms with Crippen LogP contribution in [0.1, 0.15) is 39.5 Å². The highest BCUT2D eigenvalue weighted by Crippen LogP contribution is 2.33. The van der Waals surface area contributed by atoms with Crippen LogP contribution in [0, 0.1) is 5.92 Å². The van der Waals surface area contributed by atoms with Crippen LogP contribution in [0.25, 0.3) is 0 Å². The van der Waals surface area contributed by atoms with Gasteiger partial charge in [-0.05, 0) is 38.5 Å². The maximum absolute atomic E-state index is 5.79. The van der Waals surface area contributed by atoms with Gasteiger partial charge in [-0.15, -0.1) is 0 Å². The molecule has 0 aromatic heterocycles.